The van der Waals surface area contributed by atoms with Gasteiger partial charge in [-0.15, -0.1) is 0 Å². The molecule has 0 aromatic heterocycles. The smallest absolute Gasteiger partial charge is 0.343 e. The molecule has 0 fully saturated rings. The van der Waals surface area contributed by atoms with E-state index in [0.717, 1.165) is 6.07 Å². The molecule has 0 spiro atoms. The lowest BCUT2D eigenvalue weighted by atomic mass is 10.0. The quantitative estimate of drug-likeness (QED) is 0.146. The third kappa shape index (κ3) is 6.75. The number of nitro groups is 2. The number of carbonyl (C=O) groups excluding carboxylic acids is 1. The average molecular weight is 464 g/mol. The second-order valence-corrected chi connectivity index (χ2v) is 6.50. The molecule has 176 valence electrons. The van der Waals surface area contributed by atoms with Gasteiger partial charge in [0.1, 0.15) is 12.2 Å². The summed E-state index contributed by atoms with van der Waals surface area (Å²) in [5.41, 5.74) is 1.26. The molecule has 14 heteroatoms. The van der Waals surface area contributed by atoms with Crippen LogP contribution < -0.4 is 10.8 Å². The van der Waals surface area contributed by atoms with Crippen LogP contribution in [0.1, 0.15) is 38.3 Å². The van der Waals surface area contributed by atoms with E-state index in [0.29, 0.717) is 12.0 Å². The normalized spacial score (nSPS) is 10.6. The first kappa shape index (κ1) is 25.3. The van der Waals surface area contributed by atoms with Gasteiger partial charge in [-0.1, -0.05) is 18.2 Å². The monoisotopic (exact) mass is 464 g/mol. The van der Waals surface area contributed by atoms with Gasteiger partial charge < -0.3 is 10.4 Å². The number of nitrogens with one attached hydrogen (secondary N) is 2. The minimum absolute atomic E-state index is 0.0671. The minimum atomic E-state index is -1.59. The molecule has 0 aliphatic heterocycles. The number of hydroxylamine groups is 1. The number of nitrogens with zero attached hydrogens (tertiary/aromatic N) is 2. The van der Waals surface area contributed by atoms with Gasteiger partial charge in [-0.25, -0.2) is 15.2 Å². The summed E-state index contributed by atoms with van der Waals surface area (Å²) in [5.74, 6) is -2.36. The van der Waals surface area contributed by atoms with E-state index in [9.17, 15) is 34.9 Å². The van der Waals surface area contributed by atoms with Crippen LogP contribution in [0, 0.1) is 20.2 Å². The van der Waals surface area contributed by atoms with Crippen molar-refractivity contribution < 1.29 is 39.5 Å². The van der Waals surface area contributed by atoms with Gasteiger partial charge in [0, 0.05) is 25.2 Å². The topological polar surface area (TPSA) is 203 Å². The van der Waals surface area contributed by atoms with Crippen LogP contribution in [-0.4, -0.2) is 45.2 Å². The summed E-state index contributed by atoms with van der Waals surface area (Å²) >= 11 is 0. The molecule has 2 aromatic carbocycles. The Morgan fingerprint density at radius 1 is 0.970 bits per heavy atom. The number of nitro benzene ring substituents is 2. The summed E-state index contributed by atoms with van der Waals surface area (Å²) in [7, 11) is 0. The number of hydrogen-bond acceptors (Lipinski definition) is 10. The number of aromatic carboxylic acids is 1. The predicted molar refractivity (Wildman–Crippen MR) is 110 cm³/mol. The van der Waals surface area contributed by atoms with E-state index in [1.165, 1.54) is 24.3 Å². The summed E-state index contributed by atoms with van der Waals surface area (Å²) in [6.07, 6.45) is 0.352. The van der Waals surface area contributed by atoms with Gasteiger partial charge in [0.05, 0.1) is 27.6 Å². The zero-order valence-corrected chi connectivity index (χ0v) is 17.1. The Morgan fingerprint density at radius 3 is 2.27 bits per heavy atom. The van der Waals surface area contributed by atoms with Crippen molar-refractivity contribution >= 4 is 23.3 Å². The number of hydrogen-bond donors (Lipinski definition) is 4. The molecule has 0 atom stereocenters. The molecule has 0 radical (unpaired) electrons. The largest absolute Gasteiger partial charge is 0.477 e. The second kappa shape index (κ2) is 12.2. The maximum Gasteiger partial charge on any atom is 0.343 e. The number of carboxylic acids is 1. The summed E-state index contributed by atoms with van der Waals surface area (Å²) in [6.45, 7) is -0.0979. The molecule has 33 heavy (non-hydrogen) atoms. The Bertz CT molecular complexity index is 1040. The highest BCUT2D eigenvalue weighted by Gasteiger charge is 2.26. The molecule has 0 heterocycles. The van der Waals surface area contributed by atoms with Gasteiger partial charge in [-0.3, -0.25) is 35.1 Å². The fraction of sp³-hybridized carbons (Fsp3) is 0.263. The van der Waals surface area contributed by atoms with Crippen LogP contribution in [0.5, 0.6) is 0 Å². The predicted octanol–water partition coefficient (Wildman–Crippen LogP) is 2.03. The lowest BCUT2D eigenvalue weighted by Crippen LogP contribution is -2.29. The van der Waals surface area contributed by atoms with Crippen molar-refractivity contribution in [2.75, 3.05) is 13.1 Å². The standard InChI is InChI=1S/C19H20N4O10/c24-18(13-5-2-7-16(23(29)30)17(13)19(25)26)20-8-3-9-21-32-10-12-4-1-6-15(22(27)28)14(12)11-33-31/h1-2,4-7,21,31H,3,8-11H2,(H,20,24)(H,25,26). The third-order valence-electron chi connectivity index (χ3n) is 4.42. The van der Waals surface area contributed by atoms with Crippen molar-refractivity contribution in [3.8, 4) is 0 Å². The van der Waals surface area contributed by atoms with Gasteiger partial charge in [0.25, 0.3) is 17.3 Å². The van der Waals surface area contributed by atoms with E-state index in [2.05, 4.69) is 15.7 Å². The first-order chi connectivity index (χ1) is 15.8. The van der Waals surface area contributed by atoms with E-state index >= 15 is 0 Å². The molecule has 14 nitrogen and oxygen atoms in total. The van der Waals surface area contributed by atoms with Crippen LogP contribution in [0.2, 0.25) is 0 Å². The number of rotatable bonds is 13. The zero-order chi connectivity index (χ0) is 24.4. The Hall–Kier alpha value is -3.98. The van der Waals surface area contributed by atoms with E-state index < -0.39 is 39.6 Å². The Balaban J connectivity index is 1.84. The molecular weight excluding hydrogens is 444 g/mol. The van der Waals surface area contributed by atoms with E-state index in [1.807, 2.05) is 0 Å². The second-order valence-electron chi connectivity index (χ2n) is 6.50. The van der Waals surface area contributed by atoms with E-state index in [-0.39, 0.29) is 36.5 Å². The molecule has 4 N–H and O–H groups in total. The lowest BCUT2D eigenvalue weighted by molar-refractivity contribution is -0.387. The first-order valence-electron chi connectivity index (χ1n) is 9.43. The Kier molecular flexibility index (Phi) is 9.31. The summed E-state index contributed by atoms with van der Waals surface area (Å²) in [6, 6.07) is 7.71. The van der Waals surface area contributed by atoms with Crippen LogP contribution in [0.3, 0.4) is 0 Å². The van der Waals surface area contributed by atoms with Crippen LogP contribution in [0.4, 0.5) is 11.4 Å². The van der Waals surface area contributed by atoms with Gasteiger partial charge in [0.2, 0.25) is 0 Å². The van der Waals surface area contributed by atoms with Crippen molar-refractivity contribution in [2.45, 2.75) is 19.6 Å². The maximum absolute atomic E-state index is 12.3. The number of amides is 1. The number of benzene rings is 2. The summed E-state index contributed by atoms with van der Waals surface area (Å²) in [5, 5.41) is 42.5. The van der Waals surface area contributed by atoms with Gasteiger partial charge >= 0.3 is 5.97 Å². The van der Waals surface area contributed by atoms with Crippen molar-refractivity contribution in [1.29, 1.82) is 0 Å². The highest BCUT2D eigenvalue weighted by molar-refractivity contribution is 6.07. The molecule has 2 aromatic rings. The first-order valence-corrected chi connectivity index (χ1v) is 9.43. The molecule has 0 aliphatic rings. The number of carboxylic acid groups (broad SMARTS) is 1. The molecule has 1 amide bonds. The third-order valence-corrected chi connectivity index (χ3v) is 4.42. The highest BCUT2D eigenvalue weighted by Crippen LogP contribution is 2.24. The zero-order valence-electron chi connectivity index (χ0n) is 17.1. The fourth-order valence-electron chi connectivity index (χ4n) is 2.92. The minimum Gasteiger partial charge on any atom is -0.477 e. The van der Waals surface area contributed by atoms with Gasteiger partial charge in [0.15, 0.2) is 0 Å². The van der Waals surface area contributed by atoms with Crippen molar-refractivity contribution in [1.82, 2.24) is 10.8 Å². The molecule has 0 saturated heterocycles. The fourth-order valence-corrected chi connectivity index (χ4v) is 2.92. The SMILES string of the molecule is O=C(NCCCNOCc1cccc([N+](=O)[O-])c1COO)c1cccc([N+](=O)[O-])c1C(=O)O. The molecule has 0 bridgehead atoms. The van der Waals surface area contributed by atoms with Gasteiger partial charge in [-0.05, 0) is 18.1 Å². The average Bonchev–Trinajstić information content (AvgIpc) is 2.78. The van der Waals surface area contributed by atoms with Crippen molar-refractivity contribution in [2.24, 2.45) is 0 Å². The molecule has 0 saturated carbocycles. The Morgan fingerprint density at radius 2 is 1.64 bits per heavy atom. The van der Waals surface area contributed by atoms with Crippen molar-refractivity contribution in [3.63, 3.8) is 0 Å². The molecular formula is C19H20N4O10. The Labute approximate surface area is 185 Å². The van der Waals surface area contributed by atoms with Crippen molar-refractivity contribution in [3.05, 3.63) is 78.9 Å². The van der Waals surface area contributed by atoms with Crippen LogP contribution in [0.15, 0.2) is 36.4 Å². The number of carbonyl (C=O) groups is 2. The van der Waals surface area contributed by atoms with Crippen LogP contribution in [-0.2, 0) is 22.9 Å². The van der Waals surface area contributed by atoms with Crippen LogP contribution >= 0.6 is 0 Å². The van der Waals surface area contributed by atoms with E-state index in [4.69, 9.17) is 10.1 Å². The summed E-state index contributed by atoms with van der Waals surface area (Å²) in [4.78, 5) is 53.5. The highest BCUT2D eigenvalue weighted by atomic mass is 17.1. The lowest BCUT2D eigenvalue weighted by Gasteiger charge is -2.11. The van der Waals surface area contributed by atoms with Crippen LogP contribution in [0.25, 0.3) is 0 Å². The molecule has 0 aliphatic carbocycles. The maximum atomic E-state index is 12.3. The summed E-state index contributed by atoms with van der Waals surface area (Å²) < 4.78 is 0. The van der Waals surface area contributed by atoms with Gasteiger partial charge in [-0.2, -0.15) is 0 Å². The van der Waals surface area contributed by atoms with E-state index in [1.54, 1.807) is 6.07 Å². The molecule has 0 unspecified atom stereocenters. The molecule has 2 rings (SSSR count).